The maximum Gasteiger partial charge on any atom is 0.293 e. The van der Waals surface area contributed by atoms with Gasteiger partial charge in [0.25, 0.3) is 5.69 Å². The van der Waals surface area contributed by atoms with Gasteiger partial charge in [-0.05, 0) is 47.8 Å². The smallest absolute Gasteiger partial charge is 0.293 e. The lowest BCUT2D eigenvalue weighted by molar-refractivity contribution is -0.384. The van der Waals surface area contributed by atoms with Crippen molar-refractivity contribution in [1.82, 2.24) is 0 Å². The predicted molar refractivity (Wildman–Crippen MR) is 77.6 cm³/mol. The summed E-state index contributed by atoms with van der Waals surface area (Å²) in [5.74, 6) is -0.197. The molecule has 1 aromatic rings. The number of nitrogens with one attached hydrogen (secondary N) is 1. The Kier molecular flexibility index (Phi) is 4.56. The quantitative estimate of drug-likeness (QED) is 0.479. The SMILES string of the molecule is O=[N+]([O-])c1cc(I)c(F)cc1NCC1CCC(O)C1. The Morgan fingerprint density at radius 2 is 2.26 bits per heavy atom. The minimum Gasteiger partial charge on any atom is -0.393 e. The van der Waals surface area contributed by atoms with Gasteiger partial charge >= 0.3 is 0 Å². The number of nitrogens with zero attached hydrogens (tertiary/aromatic N) is 1. The summed E-state index contributed by atoms with van der Waals surface area (Å²) in [6, 6.07) is 2.38. The Hall–Kier alpha value is -0.960. The molecule has 0 amide bonds. The number of nitro groups is 1. The van der Waals surface area contributed by atoms with E-state index in [2.05, 4.69) is 5.32 Å². The van der Waals surface area contributed by atoms with Gasteiger partial charge in [0.1, 0.15) is 11.5 Å². The highest BCUT2D eigenvalue weighted by Crippen LogP contribution is 2.30. The molecule has 104 valence electrons. The van der Waals surface area contributed by atoms with Crippen LogP contribution in [0.5, 0.6) is 0 Å². The summed E-state index contributed by atoms with van der Waals surface area (Å²) in [5, 5.41) is 23.3. The minimum atomic E-state index is -0.520. The van der Waals surface area contributed by atoms with Crippen LogP contribution in [0, 0.1) is 25.4 Å². The lowest BCUT2D eigenvalue weighted by Gasteiger charge is -2.12. The zero-order chi connectivity index (χ0) is 14.0. The number of benzene rings is 1. The molecule has 2 unspecified atom stereocenters. The zero-order valence-electron chi connectivity index (χ0n) is 10.1. The standard InChI is InChI=1S/C12H14FIN2O3/c13-9-4-11(12(16(18)19)5-10(9)14)15-6-7-1-2-8(17)3-7/h4-5,7-8,15,17H,1-3,6H2. The first-order valence-corrected chi connectivity index (χ1v) is 7.10. The molecule has 0 aliphatic heterocycles. The molecular formula is C12H14FIN2O3. The van der Waals surface area contributed by atoms with Gasteiger partial charge < -0.3 is 10.4 Å². The maximum atomic E-state index is 13.5. The van der Waals surface area contributed by atoms with Gasteiger partial charge in [-0.1, -0.05) is 0 Å². The lowest BCUT2D eigenvalue weighted by atomic mass is 10.1. The van der Waals surface area contributed by atoms with E-state index in [4.69, 9.17) is 0 Å². The maximum absolute atomic E-state index is 13.5. The molecular weight excluding hydrogens is 366 g/mol. The first kappa shape index (κ1) is 14.4. The molecule has 1 fully saturated rings. The van der Waals surface area contributed by atoms with E-state index in [1.54, 1.807) is 22.6 Å². The molecule has 1 saturated carbocycles. The molecule has 0 saturated heterocycles. The minimum absolute atomic E-state index is 0.121. The molecule has 0 radical (unpaired) electrons. The van der Waals surface area contributed by atoms with Crippen LogP contribution in [0.4, 0.5) is 15.8 Å². The van der Waals surface area contributed by atoms with Gasteiger partial charge in [-0.15, -0.1) is 0 Å². The molecule has 1 aliphatic rings. The second kappa shape index (κ2) is 6.00. The molecule has 2 rings (SSSR count). The van der Waals surface area contributed by atoms with Crippen molar-refractivity contribution in [3.05, 3.63) is 31.6 Å². The molecule has 0 heterocycles. The van der Waals surface area contributed by atoms with E-state index in [-0.39, 0.29) is 27.0 Å². The first-order valence-electron chi connectivity index (χ1n) is 6.02. The average molecular weight is 380 g/mol. The highest BCUT2D eigenvalue weighted by atomic mass is 127. The summed E-state index contributed by atoms with van der Waals surface area (Å²) in [6.07, 6.45) is 2.05. The molecule has 0 bridgehead atoms. The Balaban J connectivity index is 2.10. The van der Waals surface area contributed by atoms with E-state index >= 15 is 0 Å². The fourth-order valence-electron chi connectivity index (χ4n) is 2.32. The van der Waals surface area contributed by atoms with Crippen molar-refractivity contribution < 1.29 is 14.4 Å². The van der Waals surface area contributed by atoms with Crippen LogP contribution in [0.15, 0.2) is 12.1 Å². The van der Waals surface area contributed by atoms with Gasteiger partial charge in [0.2, 0.25) is 0 Å². The van der Waals surface area contributed by atoms with Crippen molar-refractivity contribution in [1.29, 1.82) is 0 Å². The summed E-state index contributed by atoms with van der Waals surface area (Å²) in [6.45, 7) is 0.512. The second-order valence-electron chi connectivity index (χ2n) is 4.75. The molecule has 0 spiro atoms. The summed E-state index contributed by atoms with van der Waals surface area (Å²) in [4.78, 5) is 10.4. The molecule has 19 heavy (non-hydrogen) atoms. The number of nitro benzene ring substituents is 1. The summed E-state index contributed by atoms with van der Waals surface area (Å²) < 4.78 is 13.7. The van der Waals surface area contributed by atoms with Crippen molar-refractivity contribution in [3.63, 3.8) is 0 Å². The molecule has 1 aromatic carbocycles. The number of aliphatic hydroxyl groups is 1. The topological polar surface area (TPSA) is 75.4 Å². The molecule has 1 aliphatic carbocycles. The second-order valence-corrected chi connectivity index (χ2v) is 5.92. The van der Waals surface area contributed by atoms with Crippen molar-refractivity contribution in [2.75, 3.05) is 11.9 Å². The van der Waals surface area contributed by atoms with E-state index in [9.17, 15) is 19.6 Å². The van der Waals surface area contributed by atoms with E-state index in [1.807, 2.05) is 0 Å². The molecule has 7 heteroatoms. The van der Waals surface area contributed by atoms with Gasteiger partial charge in [-0.25, -0.2) is 4.39 Å². The molecule has 5 nitrogen and oxygen atoms in total. The van der Waals surface area contributed by atoms with Crippen LogP contribution in [0.3, 0.4) is 0 Å². The van der Waals surface area contributed by atoms with Crippen LogP contribution in [-0.4, -0.2) is 22.7 Å². The van der Waals surface area contributed by atoms with Gasteiger partial charge in [0.05, 0.1) is 14.6 Å². The molecule has 2 atom stereocenters. The van der Waals surface area contributed by atoms with Crippen molar-refractivity contribution in [2.24, 2.45) is 5.92 Å². The summed E-state index contributed by atoms with van der Waals surface area (Å²) in [7, 11) is 0. The predicted octanol–water partition coefficient (Wildman–Crippen LogP) is 2.91. The van der Waals surface area contributed by atoms with Crippen molar-refractivity contribution >= 4 is 34.0 Å². The van der Waals surface area contributed by atoms with Crippen molar-refractivity contribution in [3.8, 4) is 0 Å². The van der Waals surface area contributed by atoms with Crippen LogP contribution < -0.4 is 5.32 Å². The fourth-order valence-corrected chi connectivity index (χ4v) is 2.77. The fraction of sp³-hybridized carbons (Fsp3) is 0.500. The van der Waals surface area contributed by atoms with Gasteiger partial charge in [-0.3, -0.25) is 10.1 Å². The van der Waals surface area contributed by atoms with Crippen LogP contribution in [0.1, 0.15) is 19.3 Å². The third-order valence-electron chi connectivity index (χ3n) is 3.33. The Bertz CT molecular complexity index is 498. The number of halogens is 2. The van der Waals surface area contributed by atoms with Crippen LogP contribution in [-0.2, 0) is 0 Å². The normalized spacial score (nSPS) is 22.5. The third kappa shape index (κ3) is 3.53. The summed E-state index contributed by atoms with van der Waals surface area (Å²) in [5.41, 5.74) is 0.0775. The summed E-state index contributed by atoms with van der Waals surface area (Å²) >= 11 is 1.73. The van der Waals surface area contributed by atoms with Crippen LogP contribution in [0.25, 0.3) is 0 Å². The van der Waals surface area contributed by atoms with E-state index in [0.717, 1.165) is 18.9 Å². The number of hydrogen-bond acceptors (Lipinski definition) is 4. The molecule has 2 N–H and O–H groups in total. The van der Waals surface area contributed by atoms with E-state index in [1.165, 1.54) is 6.07 Å². The number of rotatable bonds is 4. The van der Waals surface area contributed by atoms with Gasteiger partial charge in [0, 0.05) is 18.7 Å². The van der Waals surface area contributed by atoms with Gasteiger partial charge in [0.15, 0.2) is 0 Å². The third-order valence-corrected chi connectivity index (χ3v) is 4.16. The zero-order valence-corrected chi connectivity index (χ0v) is 12.3. The van der Waals surface area contributed by atoms with E-state index < -0.39 is 10.7 Å². The first-order chi connectivity index (χ1) is 8.97. The van der Waals surface area contributed by atoms with E-state index in [0.29, 0.717) is 13.0 Å². The largest absolute Gasteiger partial charge is 0.393 e. The molecule has 0 aromatic heterocycles. The Morgan fingerprint density at radius 1 is 1.53 bits per heavy atom. The highest BCUT2D eigenvalue weighted by molar-refractivity contribution is 14.1. The Morgan fingerprint density at radius 3 is 2.84 bits per heavy atom. The monoisotopic (exact) mass is 380 g/mol. The number of hydrogen-bond donors (Lipinski definition) is 2. The van der Waals surface area contributed by atoms with Crippen molar-refractivity contribution in [2.45, 2.75) is 25.4 Å². The van der Waals surface area contributed by atoms with Crippen LogP contribution in [0.2, 0.25) is 0 Å². The lowest BCUT2D eigenvalue weighted by Crippen LogP contribution is -2.13. The average Bonchev–Trinajstić information content (AvgIpc) is 2.76. The number of anilines is 1. The number of aliphatic hydroxyl groups excluding tert-OH is 1. The highest BCUT2D eigenvalue weighted by Gasteiger charge is 2.24. The van der Waals surface area contributed by atoms with Crippen LogP contribution >= 0.6 is 22.6 Å². The van der Waals surface area contributed by atoms with Gasteiger partial charge in [-0.2, -0.15) is 0 Å². The Labute approximate surface area is 123 Å².